The minimum absolute atomic E-state index is 1.21. The SMILES string of the molecule is Cn1c(-c2ccc(/C=C/c3ccccc3)cc2)cc2ccccc21. The zero-order valence-corrected chi connectivity index (χ0v) is 13.7. The molecule has 116 valence electrons. The molecule has 0 radical (unpaired) electrons. The van der Waals surface area contributed by atoms with Gasteiger partial charge in [0, 0.05) is 23.6 Å². The Labute approximate surface area is 142 Å². The number of hydrogen-bond acceptors (Lipinski definition) is 0. The fraction of sp³-hybridized carbons (Fsp3) is 0.0435. The van der Waals surface area contributed by atoms with Crippen molar-refractivity contribution in [1.29, 1.82) is 0 Å². The van der Waals surface area contributed by atoms with Crippen LogP contribution in [-0.4, -0.2) is 4.57 Å². The average molecular weight is 309 g/mol. The third-order valence-electron chi connectivity index (χ3n) is 4.43. The van der Waals surface area contributed by atoms with Crippen molar-refractivity contribution >= 4 is 23.1 Å². The van der Waals surface area contributed by atoms with Gasteiger partial charge in [0.2, 0.25) is 0 Å². The van der Waals surface area contributed by atoms with Gasteiger partial charge >= 0.3 is 0 Å². The lowest BCUT2D eigenvalue weighted by atomic mass is 10.1. The maximum absolute atomic E-state index is 2.25. The zero-order valence-electron chi connectivity index (χ0n) is 13.7. The summed E-state index contributed by atoms with van der Waals surface area (Å²) in [5, 5.41) is 1.28. The van der Waals surface area contributed by atoms with Crippen molar-refractivity contribution in [1.82, 2.24) is 4.57 Å². The van der Waals surface area contributed by atoms with E-state index >= 15 is 0 Å². The van der Waals surface area contributed by atoms with E-state index in [0.29, 0.717) is 0 Å². The van der Waals surface area contributed by atoms with Crippen LogP contribution in [0.3, 0.4) is 0 Å². The van der Waals surface area contributed by atoms with E-state index in [1.54, 1.807) is 0 Å². The number of para-hydroxylation sites is 1. The van der Waals surface area contributed by atoms with E-state index in [-0.39, 0.29) is 0 Å². The number of nitrogens with zero attached hydrogens (tertiary/aromatic N) is 1. The fourth-order valence-electron chi connectivity index (χ4n) is 3.09. The fourth-order valence-corrected chi connectivity index (χ4v) is 3.09. The highest BCUT2D eigenvalue weighted by Crippen LogP contribution is 2.27. The maximum atomic E-state index is 2.25. The molecular formula is C23H19N. The number of hydrogen-bond donors (Lipinski definition) is 0. The maximum Gasteiger partial charge on any atom is 0.0488 e. The van der Waals surface area contributed by atoms with E-state index in [0.717, 1.165) is 0 Å². The van der Waals surface area contributed by atoms with E-state index in [9.17, 15) is 0 Å². The van der Waals surface area contributed by atoms with Gasteiger partial charge in [0.15, 0.2) is 0 Å². The summed E-state index contributed by atoms with van der Waals surface area (Å²) in [6.07, 6.45) is 4.30. The molecule has 1 heterocycles. The van der Waals surface area contributed by atoms with Crippen LogP contribution in [-0.2, 0) is 7.05 Å². The molecule has 1 aromatic heterocycles. The molecular weight excluding hydrogens is 290 g/mol. The Morgan fingerprint density at radius 1 is 0.667 bits per heavy atom. The summed E-state index contributed by atoms with van der Waals surface area (Å²) < 4.78 is 2.25. The molecule has 0 N–H and O–H groups in total. The number of fused-ring (bicyclic) bond motifs is 1. The molecule has 0 fully saturated rings. The van der Waals surface area contributed by atoms with E-state index in [1.807, 2.05) is 6.07 Å². The smallest absolute Gasteiger partial charge is 0.0488 e. The van der Waals surface area contributed by atoms with E-state index in [4.69, 9.17) is 0 Å². The third kappa shape index (κ3) is 2.77. The van der Waals surface area contributed by atoms with Crippen molar-refractivity contribution in [3.63, 3.8) is 0 Å². The molecule has 0 atom stereocenters. The van der Waals surface area contributed by atoms with Crippen LogP contribution in [0.5, 0.6) is 0 Å². The molecule has 0 aliphatic rings. The van der Waals surface area contributed by atoms with Crippen molar-refractivity contribution in [2.45, 2.75) is 0 Å². The standard InChI is InChI=1S/C23H19N/c1-24-22-10-6-5-9-21(22)17-23(24)20-15-13-19(14-16-20)12-11-18-7-3-2-4-8-18/h2-17H,1H3/b12-11+. The highest BCUT2D eigenvalue weighted by molar-refractivity contribution is 5.87. The molecule has 0 bridgehead atoms. The van der Waals surface area contributed by atoms with Crippen LogP contribution < -0.4 is 0 Å². The Kier molecular flexibility index (Phi) is 3.76. The van der Waals surface area contributed by atoms with Gasteiger partial charge in [-0.3, -0.25) is 0 Å². The topological polar surface area (TPSA) is 4.93 Å². The van der Waals surface area contributed by atoms with E-state index in [2.05, 4.69) is 103 Å². The second-order valence-corrected chi connectivity index (χ2v) is 6.01. The number of rotatable bonds is 3. The predicted molar refractivity (Wildman–Crippen MR) is 104 cm³/mol. The van der Waals surface area contributed by atoms with Crippen LogP contribution in [0.15, 0.2) is 84.9 Å². The summed E-state index contributed by atoms with van der Waals surface area (Å²) in [5.74, 6) is 0. The van der Waals surface area contributed by atoms with Crippen LogP contribution in [0, 0.1) is 0 Å². The minimum Gasteiger partial charge on any atom is -0.344 e. The minimum atomic E-state index is 1.21. The molecule has 1 nitrogen and oxygen atoms in total. The summed E-state index contributed by atoms with van der Waals surface area (Å²) in [4.78, 5) is 0. The second kappa shape index (κ2) is 6.21. The Bertz CT molecular complexity index is 989. The summed E-state index contributed by atoms with van der Waals surface area (Å²) in [6.45, 7) is 0. The second-order valence-electron chi connectivity index (χ2n) is 6.01. The molecule has 1 heteroatoms. The number of benzene rings is 3. The Morgan fingerprint density at radius 3 is 2.00 bits per heavy atom. The number of aryl methyl sites for hydroxylation is 1. The molecule has 24 heavy (non-hydrogen) atoms. The Balaban J connectivity index is 1.63. The van der Waals surface area contributed by atoms with Gasteiger partial charge in [-0.05, 0) is 28.8 Å². The summed E-state index contributed by atoms with van der Waals surface area (Å²) in [5.41, 5.74) is 6.18. The third-order valence-corrected chi connectivity index (χ3v) is 4.43. The normalized spacial score (nSPS) is 11.4. The van der Waals surface area contributed by atoms with Gasteiger partial charge in [0.05, 0.1) is 0 Å². The van der Waals surface area contributed by atoms with Gasteiger partial charge in [-0.1, -0.05) is 84.9 Å². The van der Waals surface area contributed by atoms with Gasteiger partial charge in [-0.2, -0.15) is 0 Å². The van der Waals surface area contributed by atoms with Gasteiger partial charge in [-0.15, -0.1) is 0 Å². The van der Waals surface area contributed by atoms with Crippen molar-refractivity contribution in [3.05, 3.63) is 96.1 Å². The van der Waals surface area contributed by atoms with Gasteiger partial charge in [-0.25, -0.2) is 0 Å². The van der Waals surface area contributed by atoms with Crippen LogP contribution in [0.1, 0.15) is 11.1 Å². The quantitative estimate of drug-likeness (QED) is 0.408. The molecule has 3 aromatic carbocycles. The largest absolute Gasteiger partial charge is 0.344 e. The van der Waals surface area contributed by atoms with Crippen LogP contribution in [0.25, 0.3) is 34.3 Å². The van der Waals surface area contributed by atoms with Crippen molar-refractivity contribution < 1.29 is 0 Å². The zero-order chi connectivity index (χ0) is 16.4. The van der Waals surface area contributed by atoms with Gasteiger partial charge in [0.25, 0.3) is 0 Å². The Morgan fingerprint density at radius 2 is 1.29 bits per heavy atom. The first-order chi connectivity index (χ1) is 11.8. The van der Waals surface area contributed by atoms with Gasteiger partial charge < -0.3 is 4.57 Å². The van der Waals surface area contributed by atoms with Crippen LogP contribution >= 0.6 is 0 Å². The van der Waals surface area contributed by atoms with Crippen molar-refractivity contribution in [2.24, 2.45) is 7.05 Å². The lowest BCUT2D eigenvalue weighted by Gasteiger charge is -2.05. The first kappa shape index (κ1) is 14.5. The molecule has 0 saturated carbocycles. The average Bonchev–Trinajstić information content (AvgIpc) is 2.98. The van der Waals surface area contributed by atoms with Crippen molar-refractivity contribution in [3.8, 4) is 11.3 Å². The summed E-state index contributed by atoms with van der Waals surface area (Å²) >= 11 is 0. The summed E-state index contributed by atoms with van der Waals surface area (Å²) in [7, 11) is 2.13. The van der Waals surface area contributed by atoms with E-state index < -0.39 is 0 Å². The molecule has 4 aromatic rings. The molecule has 0 amide bonds. The van der Waals surface area contributed by atoms with Crippen LogP contribution in [0.2, 0.25) is 0 Å². The molecule has 0 unspecified atom stereocenters. The van der Waals surface area contributed by atoms with E-state index in [1.165, 1.54) is 33.3 Å². The first-order valence-corrected chi connectivity index (χ1v) is 8.19. The highest BCUT2D eigenvalue weighted by Gasteiger charge is 2.06. The lowest BCUT2D eigenvalue weighted by molar-refractivity contribution is 0.978. The van der Waals surface area contributed by atoms with Crippen LogP contribution in [0.4, 0.5) is 0 Å². The molecule has 4 rings (SSSR count). The predicted octanol–water partition coefficient (Wildman–Crippen LogP) is 6.02. The highest BCUT2D eigenvalue weighted by atomic mass is 14.9. The molecule has 0 aliphatic heterocycles. The first-order valence-electron chi connectivity index (χ1n) is 8.19. The molecule has 0 saturated heterocycles. The lowest BCUT2D eigenvalue weighted by Crippen LogP contribution is -1.90. The Hall–Kier alpha value is -3.06. The van der Waals surface area contributed by atoms with Crippen molar-refractivity contribution in [2.75, 3.05) is 0 Å². The molecule has 0 aliphatic carbocycles. The monoisotopic (exact) mass is 309 g/mol. The number of aromatic nitrogens is 1. The summed E-state index contributed by atoms with van der Waals surface area (Å²) in [6, 6.07) is 29.9. The molecule has 0 spiro atoms. The van der Waals surface area contributed by atoms with Gasteiger partial charge in [0.1, 0.15) is 0 Å².